The Labute approximate surface area is 89.9 Å². The number of hydrogen-bond acceptors (Lipinski definition) is 3. The molecule has 1 N–H and O–H groups in total. The summed E-state index contributed by atoms with van der Waals surface area (Å²) < 4.78 is 1.47. The van der Waals surface area contributed by atoms with Gasteiger partial charge in [0.1, 0.15) is 5.69 Å². The van der Waals surface area contributed by atoms with E-state index in [0.29, 0.717) is 11.6 Å². The van der Waals surface area contributed by atoms with Crippen LogP contribution in [0.3, 0.4) is 0 Å². The van der Waals surface area contributed by atoms with E-state index in [2.05, 4.69) is 36.4 Å². The van der Waals surface area contributed by atoms with Gasteiger partial charge < -0.3 is 5.32 Å². The molecular formula is C10H18N4O. The third-order valence-corrected chi connectivity index (χ3v) is 2.51. The van der Waals surface area contributed by atoms with Gasteiger partial charge in [-0.1, -0.05) is 26.0 Å². The summed E-state index contributed by atoms with van der Waals surface area (Å²) in [5, 5.41) is 10.4. The summed E-state index contributed by atoms with van der Waals surface area (Å²) in [5.74, 6) is 0.322. The fraction of sp³-hybridized carbons (Fsp3) is 0.700. The van der Waals surface area contributed by atoms with E-state index < -0.39 is 0 Å². The zero-order chi connectivity index (χ0) is 11.4. The van der Waals surface area contributed by atoms with Gasteiger partial charge in [-0.15, -0.1) is 5.10 Å². The number of nitrogens with one attached hydrogen (secondary N) is 1. The third kappa shape index (κ3) is 2.78. The Hall–Kier alpha value is -1.39. The van der Waals surface area contributed by atoms with Crippen LogP contribution in [-0.4, -0.2) is 26.9 Å². The fourth-order valence-electron chi connectivity index (χ4n) is 1.48. The van der Waals surface area contributed by atoms with Gasteiger partial charge in [-0.3, -0.25) is 4.79 Å². The summed E-state index contributed by atoms with van der Waals surface area (Å²) in [5.41, 5.74) is 0.495. The molecule has 0 aromatic carbocycles. The van der Waals surface area contributed by atoms with Crippen LogP contribution in [0.2, 0.25) is 0 Å². The van der Waals surface area contributed by atoms with E-state index >= 15 is 0 Å². The van der Waals surface area contributed by atoms with Crippen LogP contribution in [0.4, 0.5) is 0 Å². The minimum atomic E-state index is -0.108. The lowest BCUT2D eigenvalue weighted by atomic mass is 10.0. The summed E-state index contributed by atoms with van der Waals surface area (Å²) in [6, 6.07) is 0.201. The molecule has 1 rings (SSSR count). The van der Waals surface area contributed by atoms with E-state index in [9.17, 15) is 4.79 Å². The molecule has 0 unspecified atom stereocenters. The molecule has 0 fully saturated rings. The summed E-state index contributed by atoms with van der Waals surface area (Å²) in [6.45, 7) is 6.25. The Morgan fingerprint density at radius 1 is 1.60 bits per heavy atom. The molecule has 0 radical (unpaired) electrons. The van der Waals surface area contributed by atoms with Crippen molar-refractivity contribution in [1.82, 2.24) is 20.3 Å². The monoisotopic (exact) mass is 210 g/mol. The van der Waals surface area contributed by atoms with Crippen LogP contribution in [0.15, 0.2) is 6.20 Å². The second kappa shape index (κ2) is 4.91. The van der Waals surface area contributed by atoms with E-state index in [1.807, 2.05) is 0 Å². The quantitative estimate of drug-likeness (QED) is 0.805. The smallest absolute Gasteiger partial charge is 0.271 e. The number of aryl methyl sites for hydroxylation is 1. The van der Waals surface area contributed by atoms with Gasteiger partial charge in [0.05, 0.1) is 6.20 Å². The average molecular weight is 210 g/mol. The molecule has 5 heteroatoms. The van der Waals surface area contributed by atoms with Crippen molar-refractivity contribution in [2.45, 2.75) is 33.2 Å². The predicted molar refractivity (Wildman–Crippen MR) is 57.4 cm³/mol. The summed E-state index contributed by atoms with van der Waals surface area (Å²) in [7, 11) is 1.71. The van der Waals surface area contributed by atoms with Crippen molar-refractivity contribution >= 4 is 5.91 Å². The first kappa shape index (κ1) is 11.7. The van der Waals surface area contributed by atoms with E-state index in [-0.39, 0.29) is 11.9 Å². The second-order valence-corrected chi connectivity index (χ2v) is 3.98. The van der Waals surface area contributed by atoms with Gasteiger partial charge >= 0.3 is 0 Å². The van der Waals surface area contributed by atoms with Crippen LogP contribution >= 0.6 is 0 Å². The number of carbonyl (C=O) groups is 1. The molecule has 5 nitrogen and oxygen atoms in total. The maximum Gasteiger partial charge on any atom is 0.271 e. The normalized spacial score (nSPS) is 12.9. The predicted octanol–water partition coefficient (Wildman–Crippen LogP) is 0.979. The first-order valence-electron chi connectivity index (χ1n) is 5.21. The lowest BCUT2D eigenvalue weighted by Crippen LogP contribution is -2.38. The van der Waals surface area contributed by atoms with E-state index in [0.717, 1.165) is 6.42 Å². The number of hydrogen-bond donors (Lipinski definition) is 1. The largest absolute Gasteiger partial charge is 0.348 e. The summed E-state index contributed by atoms with van der Waals surface area (Å²) >= 11 is 0. The first-order chi connectivity index (χ1) is 7.06. The van der Waals surface area contributed by atoms with Gasteiger partial charge in [-0.05, 0) is 12.3 Å². The molecule has 0 saturated carbocycles. The standard InChI is InChI=1S/C10H18N4O/c1-5-8(7(2)3)12-10(15)9-6-11-13-14(9)4/h6-8H,5H2,1-4H3,(H,12,15)/t8-/m1/s1. The molecule has 0 aliphatic heterocycles. The van der Waals surface area contributed by atoms with E-state index in [4.69, 9.17) is 0 Å². The van der Waals surface area contributed by atoms with Crippen molar-refractivity contribution in [1.29, 1.82) is 0 Å². The van der Waals surface area contributed by atoms with Crippen molar-refractivity contribution in [3.05, 3.63) is 11.9 Å². The highest BCUT2D eigenvalue weighted by molar-refractivity contribution is 5.92. The molecule has 1 aromatic heterocycles. The van der Waals surface area contributed by atoms with Crippen molar-refractivity contribution in [3.63, 3.8) is 0 Å². The fourth-order valence-corrected chi connectivity index (χ4v) is 1.48. The van der Waals surface area contributed by atoms with Crippen molar-refractivity contribution in [2.24, 2.45) is 13.0 Å². The molecule has 0 aliphatic carbocycles. The number of nitrogens with zero attached hydrogens (tertiary/aromatic N) is 3. The number of rotatable bonds is 4. The SMILES string of the molecule is CC[C@@H](NC(=O)c1cnnn1C)C(C)C. The lowest BCUT2D eigenvalue weighted by molar-refractivity contribution is 0.0915. The van der Waals surface area contributed by atoms with Gasteiger partial charge in [0, 0.05) is 13.1 Å². The molecule has 0 saturated heterocycles. The van der Waals surface area contributed by atoms with Crippen molar-refractivity contribution in [3.8, 4) is 0 Å². The number of aromatic nitrogens is 3. The van der Waals surface area contributed by atoms with Crippen molar-refractivity contribution in [2.75, 3.05) is 0 Å². The number of amides is 1. The molecule has 1 atom stereocenters. The van der Waals surface area contributed by atoms with Crippen molar-refractivity contribution < 1.29 is 4.79 Å². The van der Waals surface area contributed by atoms with Crippen LogP contribution in [0.5, 0.6) is 0 Å². The van der Waals surface area contributed by atoms with Gasteiger partial charge in [-0.25, -0.2) is 4.68 Å². The molecule has 84 valence electrons. The van der Waals surface area contributed by atoms with Gasteiger partial charge in [-0.2, -0.15) is 0 Å². The van der Waals surface area contributed by atoms with E-state index in [1.165, 1.54) is 10.9 Å². The summed E-state index contributed by atoms with van der Waals surface area (Å²) in [6.07, 6.45) is 2.40. The van der Waals surface area contributed by atoms with Gasteiger partial charge in [0.2, 0.25) is 0 Å². The molecule has 0 bridgehead atoms. The van der Waals surface area contributed by atoms with Gasteiger partial charge in [0.25, 0.3) is 5.91 Å². The maximum atomic E-state index is 11.8. The highest BCUT2D eigenvalue weighted by Gasteiger charge is 2.17. The van der Waals surface area contributed by atoms with Crippen LogP contribution in [0.1, 0.15) is 37.7 Å². The molecule has 1 amide bonds. The molecule has 0 aliphatic rings. The maximum absolute atomic E-state index is 11.8. The van der Waals surface area contributed by atoms with Crippen LogP contribution in [-0.2, 0) is 7.05 Å². The summed E-state index contributed by atoms with van der Waals surface area (Å²) in [4.78, 5) is 11.8. The Kier molecular flexibility index (Phi) is 3.82. The average Bonchev–Trinajstić information content (AvgIpc) is 2.60. The highest BCUT2D eigenvalue weighted by atomic mass is 16.2. The minimum absolute atomic E-state index is 0.108. The van der Waals surface area contributed by atoms with Crippen LogP contribution in [0.25, 0.3) is 0 Å². The zero-order valence-electron chi connectivity index (χ0n) is 9.69. The topological polar surface area (TPSA) is 59.8 Å². The Morgan fingerprint density at radius 2 is 2.27 bits per heavy atom. The minimum Gasteiger partial charge on any atom is -0.348 e. The molecule has 1 heterocycles. The third-order valence-electron chi connectivity index (χ3n) is 2.51. The Balaban J connectivity index is 2.67. The molecular weight excluding hydrogens is 192 g/mol. The van der Waals surface area contributed by atoms with Gasteiger partial charge in [0.15, 0.2) is 0 Å². The zero-order valence-corrected chi connectivity index (χ0v) is 9.69. The highest BCUT2D eigenvalue weighted by Crippen LogP contribution is 2.06. The van der Waals surface area contributed by atoms with E-state index in [1.54, 1.807) is 7.05 Å². The van der Waals surface area contributed by atoms with Crippen LogP contribution in [0, 0.1) is 5.92 Å². The Bertz CT molecular complexity index is 332. The number of carbonyl (C=O) groups excluding carboxylic acids is 1. The second-order valence-electron chi connectivity index (χ2n) is 3.98. The first-order valence-corrected chi connectivity index (χ1v) is 5.21. The lowest BCUT2D eigenvalue weighted by Gasteiger charge is -2.20. The van der Waals surface area contributed by atoms with Crippen LogP contribution < -0.4 is 5.32 Å². The molecule has 1 aromatic rings. The Morgan fingerprint density at radius 3 is 2.67 bits per heavy atom. The molecule has 15 heavy (non-hydrogen) atoms. The molecule has 0 spiro atoms.